The van der Waals surface area contributed by atoms with Gasteiger partial charge in [0.25, 0.3) is 0 Å². The van der Waals surface area contributed by atoms with Gasteiger partial charge in [0.2, 0.25) is 0 Å². The highest BCUT2D eigenvalue weighted by molar-refractivity contribution is 9.10. The van der Waals surface area contributed by atoms with Crippen LogP contribution < -0.4 is 4.90 Å². The van der Waals surface area contributed by atoms with Crippen LogP contribution in [0.1, 0.15) is 19.8 Å². The van der Waals surface area contributed by atoms with Gasteiger partial charge in [-0.25, -0.2) is 13.6 Å². The van der Waals surface area contributed by atoms with Gasteiger partial charge in [0.05, 0.1) is 21.8 Å². The Morgan fingerprint density at radius 3 is 2.65 bits per heavy atom. The molecule has 1 amide bonds. The van der Waals surface area contributed by atoms with Gasteiger partial charge in [0.1, 0.15) is 17.0 Å². The van der Waals surface area contributed by atoms with Crippen molar-refractivity contribution in [2.75, 3.05) is 37.7 Å². The standard InChI is InChI=1S/C27H24BrClF2N4O2/c1-2-3-13-37-27(36)35-11-9-34(10-12-35)26-18-14-32-24(23(31)25(18)33-15-19(26)28)17-6-4-5-16-7-8-20(30)22(29)21(16)17/h4-8,14-15H,2-3,9-13H2,1H3. The highest BCUT2D eigenvalue weighted by Gasteiger charge is 2.26. The molecule has 1 aliphatic rings. The maximum atomic E-state index is 15.9. The summed E-state index contributed by atoms with van der Waals surface area (Å²) in [6.07, 6.45) is 4.63. The molecule has 0 radical (unpaired) electrons. The highest BCUT2D eigenvalue weighted by Crippen LogP contribution is 2.39. The number of fused-ring (bicyclic) bond motifs is 2. The van der Waals surface area contributed by atoms with E-state index in [4.69, 9.17) is 16.3 Å². The average molecular weight is 590 g/mol. The van der Waals surface area contributed by atoms with Crippen LogP contribution in [0.2, 0.25) is 5.02 Å². The van der Waals surface area contributed by atoms with Crippen molar-refractivity contribution in [1.82, 2.24) is 14.9 Å². The Hall–Kier alpha value is -3.04. The predicted molar refractivity (Wildman–Crippen MR) is 145 cm³/mol. The van der Waals surface area contributed by atoms with Crippen molar-refractivity contribution in [3.63, 3.8) is 0 Å². The molecule has 4 aromatic rings. The van der Waals surface area contributed by atoms with E-state index < -0.39 is 11.6 Å². The molecule has 192 valence electrons. The van der Waals surface area contributed by atoms with E-state index in [-0.39, 0.29) is 22.3 Å². The zero-order valence-corrected chi connectivity index (χ0v) is 22.5. The van der Waals surface area contributed by atoms with E-state index in [1.165, 1.54) is 6.07 Å². The van der Waals surface area contributed by atoms with Crippen molar-refractivity contribution >= 4 is 61.0 Å². The van der Waals surface area contributed by atoms with Crippen LogP contribution in [0.4, 0.5) is 19.3 Å². The normalized spacial score (nSPS) is 14.0. The number of amides is 1. The van der Waals surface area contributed by atoms with Gasteiger partial charge in [-0.15, -0.1) is 0 Å². The molecular weight excluding hydrogens is 566 g/mol. The fraction of sp³-hybridized carbons (Fsp3) is 0.296. The molecule has 2 aromatic heterocycles. The van der Waals surface area contributed by atoms with Crippen LogP contribution in [0.15, 0.2) is 47.2 Å². The second-order valence-electron chi connectivity index (χ2n) is 8.84. The number of aromatic nitrogens is 2. The smallest absolute Gasteiger partial charge is 0.409 e. The SMILES string of the molecule is CCCCOC(=O)N1CCN(c2c(Br)cnc3c(F)c(-c4cccc5ccc(F)c(Cl)c45)ncc23)CC1. The molecule has 0 unspecified atom stereocenters. The molecule has 1 aliphatic heterocycles. The maximum absolute atomic E-state index is 15.9. The quantitative estimate of drug-likeness (QED) is 0.230. The number of nitrogens with zero attached hydrogens (tertiary/aromatic N) is 4. The largest absolute Gasteiger partial charge is 0.449 e. The molecular formula is C27H24BrClF2N4O2. The molecule has 2 aromatic carbocycles. The van der Waals surface area contributed by atoms with Crippen LogP contribution in [-0.2, 0) is 4.74 Å². The van der Waals surface area contributed by atoms with Gasteiger partial charge in [-0.05, 0) is 33.8 Å². The number of hydrogen-bond donors (Lipinski definition) is 0. The monoisotopic (exact) mass is 588 g/mol. The molecule has 10 heteroatoms. The number of carbonyl (C=O) groups excluding carboxylic acids is 1. The molecule has 0 bridgehead atoms. The van der Waals surface area contributed by atoms with Crippen molar-refractivity contribution in [3.05, 3.63) is 63.9 Å². The van der Waals surface area contributed by atoms with E-state index in [9.17, 15) is 9.18 Å². The lowest BCUT2D eigenvalue weighted by atomic mass is 10.00. The number of ether oxygens (including phenoxy) is 1. The molecule has 37 heavy (non-hydrogen) atoms. The summed E-state index contributed by atoms with van der Waals surface area (Å²) in [5.74, 6) is -1.20. The Morgan fingerprint density at radius 2 is 1.89 bits per heavy atom. The number of unbranched alkanes of at least 4 members (excludes halogenated alkanes) is 1. The van der Waals surface area contributed by atoms with Crippen molar-refractivity contribution in [2.24, 2.45) is 0 Å². The first-order valence-electron chi connectivity index (χ1n) is 12.1. The van der Waals surface area contributed by atoms with E-state index in [0.29, 0.717) is 59.0 Å². The predicted octanol–water partition coefficient (Wildman–Crippen LogP) is 7.20. The topological polar surface area (TPSA) is 58.6 Å². The summed E-state index contributed by atoms with van der Waals surface area (Å²) in [4.78, 5) is 24.9. The lowest BCUT2D eigenvalue weighted by Gasteiger charge is -2.36. The van der Waals surface area contributed by atoms with E-state index in [1.807, 2.05) is 6.92 Å². The second-order valence-corrected chi connectivity index (χ2v) is 10.1. The third kappa shape index (κ3) is 4.82. The molecule has 1 fully saturated rings. The van der Waals surface area contributed by atoms with Gasteiger partial charge in [-0.1, -0.05) is 49.2 Å². The first-order chi connectivity index (χ1) is 17.9. The van der Waals surface area contributed by atoms with Crippen molar-refractivity contribution < 1.29 is 18.3 Å². The number of halogens is 4. The number of piperazine rings is 1. The molecule has 5 rings (SSSR count). The molecule has 0 saturated carbocycles. The zero-order valence-electron chi connectivity index (χ0n) is 20.1. The van der Waals surface area contributed by atoms with Crippen molar-refractivity contribution in [3.8, 4) is 11.3 Å². The van der Waals surface area contributed by atoms with Gasteiger partial charge < -0.3 is 14.5 Å². The average Bonchev–Trinajstić information content (AvgIpc) is 2.91. The Balaban J connectivity index is 1.49. The first kappa shape index (κ1) is 25.6. The first-order valence-corrected chi connectivity index (χ1v) is 13.2. The molecule has 0 atom stereocenters. The van der Waals surface area contributed by atoms with E-state index in [0.717, 1.165) is 18.5 Å². The highest BCUT2D eigenvalue weighted by atomic mass is 79.9. The van der Waals surface area contributed by atoms with Gasteiger partial charge in [-0.3, -0.25) is 9.97 Å². The van der Waals surface area contributed by atoms with E-state index in [2.05, 4.69) is 30.8 Å². The van der Waals surface area contributed by atoms with Gasteiger partial charge in [-0.2, -0.15) is 0 Å². The van der Waals surface area contributed by atoms with Crippen LogP contribution in [-0.4, -0.2) is 53.7 Å². The summed E-state index contributed by atoms with van der Waals surface area (Å²) < 4.78 is 36.2. The summed E-state index contributed by atoms with van der Waals surface area (Å²) in [7, 11) is 0. The third-order valence-corrected chi connectivity index (χ3v) is 7.50. The summed E-state index contributed by atoms with van der Waals surface area (Å²) in [6.45, 7) is 4.51. The Morgan fingerprint density at radius 1 is 1.11 bits per heavy atom. The minimum Gasteiger partial charge on any atom is -0.449 e. The fourth-order valence-corrected chi connectivity index (χ4v) is 5.45. The summed E-state index contributed by atoms with van der Waals surface area (Å²) >= 11 is 9.84. The Kier molecular flexibility index (Phi) is 7.44. The van der Waals surface area contributed by atoms with Gasteiger partial charge in [0.15, 0.2) is 5.82 Å². The van der Waals surface area contributed by atoms with Gasteiger partial charge >= 0.3 is 6.09 Å². The lowest BCUT2D eigenvalue weighted by Crippen LogP contribution is -2.49. The molecule has 0 N–H and O–H groups in total. The zero-order chi connectivity index (χ0) is 26.1. The fourth-order valence-electron chi connectivity index (χ4n) is 4.61. The van der Waals surface area contributed by atoms with Crippen LogP contribution in [0.25, 0.3) is 32.9 Å². The summed E-state index contributed by atoms with van der Waals surface area (Å²) in [5.41, 5.74) is 1.34. The minimum absolute atomic E-state index is 0.0472. The van der Waals surface area contributed by atoms with Crippen LogP contribution >= 0.6 is 27.5 Å². The summed E-state index contributed by atoms with van der Waals surface area (Å²) in [5, 5.41) is 1.53. The summed E-state index contributed by atoms with van der Waals surface area (Å²) in [6, 6.07) is 8.10. The van der Waals surface area contributed by atoms with Crippen LogP contribution in [0, 0.1) is 11.6 Å². The number of pyridine rings is 2. The third-order valence-electron chi connectivity index (χ3n) is 6.55. The molecule has 0 spiro atoms. The molecule has 1 saturated heterocycles. The van der Waals surface area contributed by atoms with Crippen molar-refractivity contribution in [2.45, 2.75) is 19.8 Å². The lowest BCUT2D eigenvalue weighted by molar-refractivity contribution is 0.0989. The number of hydrogen-bond acceptors (Lipinski definition) is 5. The number of anilines is 1. The molecule has 0 aliphatic carbocycles. The maximum Gasteiger partial charge on any atom is 0.409 e. The molecule has 6 nitrogen and oxygen atoms in total. The number of benzene rings is 2. The Bertz CT molecular complexity index is 1500. The number of rotatable bonds is 5. The number of carbonyl (C=O) groups is 1. The second kappa shape index (κ2) is 10.8. The van der Waals surface area contributed by atoms with E-state index in [1.54, 1.807) is 41.6 Å². The van der Waals surface area contributed by atoms with Gasteiger partial charge in [0, 0.05) is 54.9 Å². The minimum atomic E-state index is -0.614. The van der Waals surface area contributed by atoms with Crippen LogP contribution in [0.3, 0.4) is 0 Å². The van der Waals surface area contributed by atoms with Crippen LogP contribution in [0.5, 0.6) is 0 Å². The Labute approximate surface area is 226 Å². The molecule has 3 heterocycles. The van der Waals surface area contributed by atoms with Crippen molar-refractivity contribution in [1.29, 1.82) is 0 Å². The van der Waals surface area contributed by atoms with E-state index >= 15 is 4.39 Å².